The first-order valence-electron chi connectivity index (χ1n) is 9.73. The average molecular weight is 478 g/mol. The molecule has 0 saturated carbocycles. The lowest BCUT2D eigenvalue weighted by atomic mass is 10.2. The molecule has 0 aliphatic rings. The number of alkyl halides is 3. The first kappa shape index (κ1) is 23.1. The lowest BCUT2D eigenvalue weighted by Gasteiger charge is -2.14. The van der Waals surface area contributed by atoms with Crippen LogP contribution in [0.4, 0.5) is 22.0 Å². The molecule has 10 heteroatoms. The van der Waals surface area contributed by atoms with Gasteiger partial charge < -0.3 is 18.6 Å². The number of fused-ring (bicyclic) bond motifs is 1. The maximum Gasteiger partial charge on any atom is 0.453 e. The highest BCUT2D eigenvalue weighted by atomic mass is 19.4. The number of rotatable bonds is 6. The van der Waals surface area contributed by atoms with Gasteiger partial charge in [0.15, 0.2) is 0 Å². The zero-order valence-electron chi connectivity index (χ0n) is 17.4. The van der Waals surface area contributed by atoms with Crippen LogP contribution < -0.4 is 19.6 Å². The van der Waals surface area contributed by atoms with E-state index in [1.54, 1.807) is 6.07 Å². The molecule has 0 N–H and O–H groups in total. The maximum absolute atomic E-state index is 13.8. The van der Waals surface area contributed by atoms with Crippen LogP contribution in [-0.2, 0) is 12.8 Å². The number of methoxy groups -OCH3 is 1. The lowest BCUT2D eigenvalue weighted by Crippen LogP contribution is -2.15. The van der Waals surface area contributed by atoms with E-state index in [0.29, 0.717) is 5.75 Å². The van der Waals surface area contributed by atoms with Gasteiger partial charge in [0.05, 0.1) is 18.1 Å². The molecule has 0 radical (unpaired) electrons. The molecule has 4 rings (SSSR count). The summed E-state index contributed by atoms with van der Waals surface area (Å²) in [5.41, 5.74) is -1.87. The zero-order chi connectivity index (χ0) is 24.5. The van der Waals surface area contributed by atoms with Crippen LogP contribution >= 0.6 is 0 Å². The normalized spacial score (nSPS) is 11.5. The third kappa shape index (κ3) is 4.66. The highest BCUT2D eigenvalue weighted by Gasteiger charge is 2.40. The zero-order valence-corrected chi connectivity index (χ0v) is 17.4. The second kappa shape index (κ2) is 9.05. The van der Waals surface area contributed by atoms with Gasteiger partial charge in [0, 0.05) is 12.1 Å². The molecule has 0 unspecified atom stereocenters. The topological polar surface area (TPSA) is 57.9 Å². The van der Waals surface area contributed by atoms with Crippen molar-refractivity contribution in [2.75, 3.05) is 7.11 Å². The largest absolute Gasteiger partial charge is 0.497 e. The van der Waals surface area contributed by atoms with E-state index >= 15 is 0 Å². The van der Waals surface area contributed by atoms with Crippen molar-refractivity contribution in [2.45, 2.75) is 12.8 Å². The SMILES string of the molecule is COc1cccc(Oc2c(C(F)(F)F)oc3cc(OCc4c(F)cccc4F)ccc3c2=O)c1. The molecule has 3 aromatic carbocycles. The fraction of sp³-hybridized carbons (Fsp3) is 0.125. The summed E-state index contributed by atoms with van der Waals surface area (Å²) in [6, 6.07) is 12.4. The van der Waals surface area contributed by atoms with Gasteiger partial charge in [-0.1, -0.05) is 12.1 Å². The highest BCUT2D eigenvalue weighted by molar-refractivity contribution is 5.79. The minimum atomic E-state index is -5.06. The molecule has 0 aliphatic heterocycles. The van der Waals surface area contributed by atoms with E-state index in [0.717, 1.165) is 18.2 Å². The Morgan fingerprint density at radius 3 is 2.24 bits per heavy atom. The van der Waals surface area contributed by atoms with Gasteiger partial charge in [0.25, 0.3) is 5.76 Å². The van der Waals surface area contributed by atoms with E-state index in [1.807, 2.05) is 0 Å². The van der Waals surface area contributed by atoms with Crippen molar-refractivity contribution in [3.63, 3.8) is 0 Å². The van der Waals surface area contributed by atoms with E-state index in [2.05, 4.69) is 0 Å². The van der Waals surface area contributed by atoms with Gasteiger partial charge >= 0.3 is 6.18 Å². The van der Waals surface area contributed by atoms with Crippen molar-refractivity contribution in [1.82, 2.24) is 0 Å². The van der Waals surface area contributed by atoms with Gasteiger partial charge in [-0.05, 0) is 36.4 Å². The van der Waals surface area contributed by atoms with Crippen LogP contribution in [0.1, 0.15) is 11.3 Å². The van der Waals surface area contributed by atoms with Crippen LogP contribution in [0.25, 0.3) is 11.0 Å². The molecule has 0 aliphatic carbocycles. The third-order valence-electron chi connectivity index (χ3n) is 4.79. The predicted molar refractivity (Wildman–Crippen MR) is 111 cm³/mol. The molecule has 4 aromatic rings. The smallest absolute Gasteiger partial charge is 0.453 e. The minimum absolute atomic E-state index is 0.0621. The van der Waals surface area contributed by atoms with Crippen LogP contribution in [0.5, 0.6) is 23.0 Å². The first-order chi connectivity index (χ1) is 16.2. The molecule has 1 heterocycles. The van der Waals surface area contributed by atoms with E-state index in [4.69, 9.17) is 18.6 Å². The Hall–Kier alpha value is -4.08. The van der Waals surface area contributed by atoms with Crippen molar-refractivity contribution in [1.29, 1.82) is 0 Å². The summed E-state index contributed by atoms with van der Waals surface area (Å²) < 4.78 is 89.3. The molecule has 176 valence electrons. The van der Waals surface area contributed by atoms with Gasteiger partial charge in [-0.25, -0.2) is 8.78 Å². The minimum Gasteiger partial charge on any atom is -0.497 e. The number of ether oxygens (including phenoxy) is 3. The van der Waals surface area contributed by atoms with Crippen molar-refractivity contribution >= 4 is 11.0 Å². The Kier molecular flexibility index (Phi) is 6.14. The van der Waals surface area contributed by atoms with Crippen molar-refractivity contribution in [3.8, 4) is 23.0 Å². The fourth-order valence-electron chi connectivity index (χ4n) is 3.13. The standard InChI is InChI=1S/C24H15F5O5/c1-31-13-4-2-5-15(10-13)33-22-21(30)16-9-8-14(11-20(16)34-23(22)24(27,28)29)32-12-17-18(25)6-3-7-19(17)26/h2-11H,12H2,1H3. The number of benzene rings is 3. The molecule has 5 nitrogen and oxygen atoms in total. The van der Waals surface area contributed by atoms with E-state index in [1.165, 1.54) is 43.5 Å². The summed E-state index contributed by atoms with van der Waals surface area (Å²) in [6.07, 6.45) is -5.06. The molecule has 0 bridgehead atoms. The molecule has 34 heavy (non-hydrogen) atoms. The summed E-state index contributed by atoms with van der Waals surface area (Å²) in [5, 5.41) is -0.213. The average Bonchev–Trinajstić information content (AvgIpc) is 2.80. The first-order valence-corrected chi connectivity index (χ1v) is 9.73. The molecule has 0 saturated heterocycles. The Labute approximate surface area is 188 Å². The Balaban J connectivity index is 1.73. The van der Waals surface area contributed by atoms with Crippen molar-refractivity contribution < 1.29 is 40.6 Å². The van der Waals surface area contributed by atoms with Gasteiger partial charge in [-0.15, -0.1) is 0 Å². The van der Waals surface area contributed by atoms with Crippen LogP contribution in [0, 0.1) is 11.6 Å². The second-order valence-electron chi connectivity index (χ2n) is 7.02. The van der Waals surface area contributed by atoms with E-state index in [-0.39, 0.29) is 22.4 Å². The molecule has 0 fully saturated rings. The van der Waals surface area contributed by atoms with Gasteiger partial charge in [0.2, 0.25) is 11.2 Å². The fourth-order valence-corrected chi connectivity index (χ4v) is 3.13. The summed E-state index contributed by atoms with van der Waals surface area (Å²) in [7, 11) is 1.37. The Morgan fingerprint density at radius 1 is 0.882 bits per heavy atom. The van der Waals surface area contributed by atoms with Crippen molar-refractivity contribution in [3.05, 3.63) is 93.8 Å². The van der Waals surface area contributed by atoms with Crippen LogP contribution in [0.2, 0.25) is 0 Å². The van der Waals surface area contributed by atoms with Gasteiger partial charge in [-0.2, -0.15) is 13.2 Å². The Morgan fingerprint density at radius 2 is 1.56 bits per heavy atom. The molecule has 1 aromatic heterocycles. The van der Waals surface area contributed by atoms with Crippen LogP contribution in [0.3, 0.4) is 0 Å². The number of hydrogen-bond acceptors (Lipinski definition) is 5. The number of halogens is 5. The highest BCUT2D eigenvalue weighted by Crippen LogP contribution is 2.39. The van der Waals surface area contributed by atoms with E-state index < -0.39 is 46.9 Å². The molecule has 0 spiro atoms. The maximum atomic E-state index is 13.8. The van der Waals surface area contributed by atoms with Crippen LogP contribution in [-0.4, -0.2) is 7.11 Å². The summed E-state index contributed by atoms with van der Waals surface area (Å²) in [5.74, 6) is -4.20. The monoisotopic (exact) mass is 478 g/mol. The predicted octanol–water partition coefficient (Wildman–Crippen LogP) is 6.47. The van der Waals surface area contributed by atoms with E-state index in [9.17, 15) is 26.7 Å². The quantitative estimate of drug-likeness (QED) is 0.297. The van der Waals surface area contributed by atoms with Gasteiger partial charge in [0.1, 0.15) is 41.1 Å². The van der Waals surface area contributed by atoms with Gasteiger partial charge in [-0.3, -0.25) is 4.79 Å². The molecule has 0 atom stereocenters. The molecule has 0 amide bonds. The molecular formula is C24H15F5O5. The Bertz CT molecular complexity index is 1390. The summed E-state index contributed by atoms with van der Waals surface area (Å²) in [4.78, 5) is 12.9. The lowest BCUT2D eigenvalue weighted by molar-refractivity contribution is -0.154. The number of hydrogen-bond donors (Lipinski definition) is 0. The molecular weight excluding hydrogens is 463 g/mol. The second-order valence-corrected chi connectivity index (χ2v) is 7.02. The summed E-state index contributed by atoms with van der Waals surface area (Å²) >= 11 is 0. The third-order valence-corrected chi connectivity index (χ3v) is 4.79. The van der Waals surface area contributed by atoms with Crippen molar-refractivity contribution in [2.24, 2.45) is 0 Å². The summed E-state index contributed by atoms with van der Waals surface area (Å²) in [6.45, 7) is -0.530. The van der Waals surface area contributed by atoms with Crippen LogP contribution in [0.15, 0.2) is 69.9 Å².